The van der Waals surface area contributed by atoms with Gasteiger partial charge in [-0.25, -0.2) is 0 Å². The highest BCUT2D eigenvalue weighted by Crippen LogP contribution is 2.25. The highest BCUT2D eigenvalue weighted by Gasteiger charge is 2.24. The number of aliphatic hydroxyl groups is 1. The molecule has 4 heteroatoms. The molecule has 0 radical (unpaired) electrons. The Bertz CT molecular complexity index is 437. The normalized spacial score (nSPS) is 14.1. The summed E-state index contributed by atoms with van der Waals surface area (Å²) < 4.78 is 10.6. The number of carbonyl (C=O) groups is 1. The average Bonchev–Trinajstić information content (AvgIpc) is 2.46. The second-order valence-electron chi connectivity index (χ2n) is 5.90. The Hall–Kier alpha value is -1.55. The Morgan fingerprint density at radius 3 is 2.14 bits per heavy atom. The number of hydrogen-bond donors (Lipinski definition) is 1. The molecular formula is C17H26O4. The maximum atomic E-state index is 11.7. The summed E-state index contributed by atoms with van der Waals surface area (Å²) in [4.78, 5) is 11.7. The van der Waals surface area contributed by atoms with E-state index in [0.29, 0.717) is 6.42 Å². The van der Waals surface area contributed by atoms with Crippen LogP contribution in [0, 0.1) is 11.8 Å². The Balaban J connectivity index is 2.71. The smallest absolute Gasteiger partial charge is 0.308 e. The predicted octanol–water partition coefficient (Wildman–Crippen LogP) is 3.34. The summed E-state index contributed by atoms with van der Waals surface area (Å²) in [6, 6.07) is 7.27. The second kappa shape index (κ2) is 8.03. The van der Waals surface area contributed by atoms with Crippen molar-refractivity contribution in [2.45, 2.75) is 46.3 Å². The van der Waals surface area contributed by atoms with Gasteiger partial charge in [-0.05, 0) is 23.6 Å². The van der Waals surface area contributed by atoms with Gasteiger partial charge in [-0.2, -0.15) is 0 Å². The molecule has 0 saturated heterocycles. The second-order valence-corrected chi connectivity index (χ2v) is 5.90. The number of aliphatic hydroxyl groups excluding tert-OH is 1. The number of hydrogen-bond acceptors (Lipinski definition) is 4. The van der Waals surface area contributed by atoms with Crippen molar-refractivity contribution >= 4 is 5.97 Å². The topological polar surface area (TPSA) is 55.8 Å². The predicted molar refractivity (Wildman–Crippen MR) is 82.1 cm³/mol. The van der Waals surface area contributed by atoms with Crippen LogP contribution < -0.4 is 4.74 Å². The zero-order chi connectivity index (χ0) is 16.0. The summed E-state index contributed by atoms with van der Waals surface area (Å²) in [7, 11) is 1.60. The summed E-state index contributed by atoms with van der Waals surface area (Å²) >= 11 is 0. The summed E-state index contributed by atoms with van der Waals surface area (Å²) in [6.07, 6.45) is -0.567. The number of esters is 1. The maximum Gasteiger partial charge on any atom is 0.308 e. The van der Waals surface area contributed by atoms with Gasteiger partial charge < -0.3 is 14.6 Å². The third-order valence-electron chi connectivity index (χ3n) is 3.44. The number of benzene rings is 1. The van der Waals surface area contributed by atoms with Crippen LogP contribution in [-0.2, 0) is 9.53 Å². The van der Waals surface area contributed by atoms with E-state index in [9.17, 15) is 9.90 Å². The van der Waals surface area contributed by atoms with E-state index in [4.69, 9.17) is 9.47 Å². The molecule has 21 heavy (non-hydrogen) atoms. The van der Waals surface area contributed by atoms with Gasteiger partial charge in [0, 0.05) is 6.42 Å². The van der Waals surface area contributed by atoms with Gasteiger partial charge in [0.2, 0.25) is 0 Å². The summed E-state index contributed by atoms with van der Waals surface area (Å²) in [5, 5.41) is 10.3. The van der Waals surface area contributed by atoms with Crippen LogP contribution in [0.3, 0.4) is 0 Å². The molecule has 0 spiro atoms. The van der Waals surface area contributed by atoms with Crippen molar-refractivity contribution in [3.8, 4) is 5.75 Å². The van der Waals surface area contributed by atoms with E-state index >= 15 is 0 Å². The molecule has 118 valence electrons. The minimum atomic E-state index is -0.664. The molecule has 2 atom stereocenters. The van der Waals surface area contributed by atoms with Crippen molar-refractivity contribution in [2.24, 2.45) is 11.8 Å². The zero-order valence-electron chi connectivity index (χ0n) is 13.5. The first-order valence-corrected chi connectivity index (χ1v) is 7.37. The van der Waals surface area contributed by atoms with Gasteiger partial charge in [0.15, 0.2) is 0 Å². The summed E-state index contributed by atoms with van der Waals surface area (Å²) in [6.45, 7) is 7.58. The van der Waals surface area contributed by atoms with E-state index in [-0.39, 0.29) is 23.9 Å². The number of rotatable bonds is 7. The fraction of sp³-hybridized carbons (Fsp3) is 0.588. The molecule has 0 aliphatic rings. The first-order chi connectivity index (χ1) is 9.85. The van der Waals surface area contributed by atoms with Gasteiger partial charge in [0.25, 0.3) is 0 Å². The minimum Gasteiger partial charge on any atom is -0.497 e. The van der Waals surface area contributed by atoms with E-state index in [1.165, 1.54) is 0 Å². The van der Waals surface area contributed by atoms with Crippen LogP contribution in [0.15, 0.2) is 24.3 Å². The minimum absolute atomic E-state index is 0.153. The van der Waals surface area contributed by atoms with Crippen molar-refractivity contribution in [1.82, 2.24) is 0 Å². The van der Waals surface area contributed by atoms with Gasteiger partial charge in [-0.1, -0.05) is 39.8 Å². The molecule has 1 rings (SSSR count). The van der Waals surface area contributed by atoms with Crippen molar-refractivity contribution in [3.63, 3.8) is 0 Å². The van der Waals surface area contributed by atoms with E-state index in [0.717, 1.165) is 11.3 Å². The Morgan fingerprint density at radius 2 is 1.71 bits per heavy atom. The zero-order valence-corrected chi connectivity index (χ0v) is 13.5. The third-order valence-corrected chi connectivity index (χ3v) is 3.44. The molecule has 1 N–H and O–H groups in total. The van der Waals surface area contributed by atoms with Crippen molar-refractivity contribution in [2.75, 3.05) is 7.11 Å². The molecule has 0 fully saturated rings. The fourth-order valence-corrected chi connectivity index (χ4v) is 1.92. The summed E-state index contributed by atoms with van der Waals surface area (Å²) in [5.41, 5.74) is 0.794. The fourth-order valence-electron chi connectivity index (χ4n) is 1.92. The Morgan fingerprint density at radius 1 is 1.14 bits per heavy atom. The quantitative estimate of drug-likeness (QED) is 0.784. The van der Waals surface area contributed by atoms with Gasteiger partial charge >= 0.3 is 5.97 Å². The van der Waals surface area contributed by atoms with Crippen LogP contribution in [0.5, 0.6) is 5.75 Å². The van der Waals surface area contributed by atoms with Crippen LogP contribution in [0.2, 0.25) is 0 Å². The molecule has 1 aromatic rings. The van der Waals surface area contributed by atoms with Crippen LogP contribution >= 0.6 is 0 Å². The highest BCUT2D eigenvalue weighted by molar-refractivity contribution is 5.71. The highest BCUT2D eigenvalue weighted by atomic mass is 16.5. The molecule has 0 aliphatic carbocycles. The average molecular weight is 294 g/mol. The lowest BCUT2D eigenvalue weighted by atomic mass is 9.96. The van der Waals surface area contributed by atoms with Gasteiger partial charge in [0.1, 0.15) is 11.9 Å². The largest absolute Gasteiger partial charge is 0.497 e. The van der Waals surface area contributed by atoms with Crippen LogP contribution in [0.1, 0.15) is 45.8 Å². The third kappa shape index (κ3) is 5.38. The van der Waals surface area contributed by atoms with Gasteiger partial charge in [-0.15, -0.1) is 0 Å². The van der Waals surface area contributed by atoms with Crippen LogP contribution in [0.25, 0.3) is 0 Å². The molecule has 2 unspecified atom stereocenters. The van der Waals surface area contributed by atoms with Crippen molar-refractivity contribution < 1.29 is 19.4 Å². The Labute approximate surface area is 127 Å². The molecule has 0 aromatic heterocycles. The van der Waals surface area contributed by atoms with E-state index in [2.05, 4.69) is 0 Å². The van der Waals surface area contributed by atoms with Crippen molar-refractivity contribution in [3.05, 3.63) is 29.8 Å². The molecule has 1 aromatic carbocycles. The van der Waals surface area contributed by atoms with Gasteiger partial charge in [0.05, 0.1) is 19.1 Å². The number of ether oxygens (including phenoxy) is 2. The summed E-state index contributed by atoms with van der Waals surface area (Å²) in [5.74, 6) is 0.512. The van der Waals surface area contributed by atoms with Crippen LogP contribution in [-0.4, -0.2) is 24.3 Å². The lowest BCUT2D eigenvalue weighted by Gasteiger charge is -2.25. The maximum absolute atomic E-state index is 11.7. The standard InChI is InChI=1S/C17H26O4/c1-11(2)16(21-17(19)12(3)4)10-15(18)13-6-8-14(20-5)9-7-13/h6-9,11-12,15-16,18H,10H2,1-5H3. The molecular weight excluding hydrogens is 268 g/mol. The van der Waals surface area contributed by atoms with Gasteiger partial charge in [-0.3, -0.25) is 4.79 Å². The molecule has 0 amide bonds. The molecule has 0 bridgehead atoms. The Kier molecular flexibility index (Phi) is 6.69. The van der Waals surface area contributed by atoms with E-state index < -0.39 is 6.10 Å². The lowest BCUT2D eigenvalue weighted by molar-refractivity contribution is -0.156. The van der Waals surface area contributed by atoms with E-state index in [1.807, 2.05) is 38.1 Å². The van der Waals surface area contributed by atoms with E-state index in [1.54, 1.807) is 21.0 Å². The molecule has 4 nitrogen and oxygen atoms in total. The monoisotopic (exact) mass is 294 g/mol. The first-order valence-electron chi connectivity index (χ1n) is 7.37. The molecule has 0 heterocycles. The SMILES string of the molecule is COc1ccc(C(O)CC(OC(=O)C(C)C)C(C)C)cc1. The molecule has 0 saturated carbocycles. The first kappa shape index (κ1) is 17.5. The number of carbonyl (C=O) groups excluding carboxylic acids is 1. The number of methoxy groups -OCH3 is 1. The van der Waals surface area contributed by atoms with Crippen LogP contribution in [0.4, 0.5) is 0 Å². The molecule has 0 aliphatic heterocycles. The van der Waals surface area contributed by atoms with Crippen molar-refractivity contribution in [1.29, 1.82) is 0 Å². The lowest BCUT2D eigenvalue weighted by Crippen LogP contribution is -2.28.